The third-order valence-corrected chi connectivity index (χ3v) is 7.88. The first-order valence-corrected chi connectivity index (χ1v) is 12.1. The highest BCUT2D eigenvalue weighted by molar-refractivity contribution is 14.1. The summed E-state index contributed by atoms with van der Waals surface area (Å²) in [5.74, 6) is 0. The van der Waals surface area contributed by atoms with Crippen LogP contribution in [0.1, 0.15) is 19.8 Å². The van der Waals surface area contributed by atoms with Crippen LogP contribution in [0.2, 0.25) is 0 Å². The number of urea groups is 1. The van der Waals surface area contributed by atoms with Gasteiger partial charge in [-0.1, -0.05) is 0 Å². The molecule has 0 atom stereocenters. The van der Waals surface area contributed by atoms with Crippen LogP contribution >= 0.6 is 22.6 Å². The molecule has 29 heavy (non-hydrogen) atoms. The van der Waals surface area contributed by atoms with Crippen molar-refractivity contribution in [2.45, 2.75) is 30.2 Å². The van der Waals surface area contributed by atoms with Gasteiger partial charge in [0.25, 0.3) is 0 Å². The van der Waals surface area contributed by atoms with Gasteiger partial charge in [-0.2, -0.15) is 0 Å². The lowest BCUT2D eigenvalue weighted by Gasteiger charge is -2.37. The number of fused-ring (bicyclic) bond motifs is 1. The van der Waals surface area contributed by atoms with Crippen LogP contribution in [0.4, 0.5) is 10.5 Å². The van der Waals surface area contributed by atoms with E-state index < -0.39 is 10.0 Å². The number of anilines is 1. The standard InChI is InChI=1S/C18H25IN6O3S/c1-18(4-5-18)21-29(27,28)13-10-14(16-20-11-15(19)25(16)12-13)23-6-8-24(9-7-23)17(26)22(2)3/h10-12,21H,4-9H2,1-3H3. The number of sulfonamides is 1. The third kappa shape index (κ3) is 4.04. The molecule has 1 aliphatic carbocycles. The van der Waals surface area contributed by atoms with E-state index in [9.17, 15) is 13.2 Å². The molecule has 2 aromatic heterocycles. The van der Waals surface area contributed by atoms with Gasteiger partial charge >= 0.3 is 6.03 Å². The number of hydrogen-bond donors (Lipinski definition) is 1. The molecule has 1 N–H and O–H groups in total. The van der Waals surface area contributed by atoms with Crippen molar-refractivity contribution in [3.05, 3.63) is 22.2 Å². The number of nitrogens with zero attached hydrogens (tertiary/aromatic N) is 5. The Morgan fingerprint density at radius 2 is 1.90 bits per heavy atom. The fourth-order valence-corrected chi connectivity index (χ4v) is 5.48. The Morgan fingerprint density at radius 1 is 1.24 bits per heavy atom. The first-order valence-electron chi connectivity index (χ1n) is 9.51. The minimum absolute atomic E-state index is 0.0108. The summed E-state index contributed by atoms with van der Waals surface area (Å²) >= 11 is 2.15. The summed E-state index contributed by atoms with van der Waals surface area (Å²) in [7, 11) is -0.153. The van der Waals surface area contributed by atoms with E-state index in [1.54, 1.807) is 42.4 Å². The highest BCUT2D eigenvalue weighted by Crippen LogP contribution is 2.36. The fourth-order valence-electron chi connectivity index (χ4n) is 3.49. The molecule has 2 fully saturated rings. The number of carbonyl (C=O) groups is 1. The third-order valence-electron chi connectivity index (χ3n) is 5.48. The zero-order chi connectivity index (χ0) is 21.0. The van der Waals surface area contributed by atoms with Crippen LogP contribution < -0.4 is 9.62 Å². The summed E-state index contributed by atoms with van der Waals surface area (Å²) in [6.45, 7) is 4.31. The van der Waals surface area contributed by atoms with Gasteiger partial charge in [-0.05, 0) is 48.4 Å². The molecule has 0 bridgehead atoms. The number of imidazole rings is 1. The Kier molecular flexibility index (Phi) is 5.18. The maximum absolute atomic E-state index is 13.0. The van der Waals surface area contributed by atoms with Crippen LogP contribution in [-0.4, -0.2) is 79.4 Å². The van der Waals surface area contributed by atoms with Crippen LogP contribution in [0.25, 0.3) is 5.65 Å². The Balaban J connectivity index is 1.67. The van der Waals surface area contributed by atoms with Crippen LogP contribution in [0.5, 0.6) is 0 Å². The van der Waals surface area contributed by atoms with Crippen molar-refractivity contribution in [3.8, 4) is 0 Å². The Labute approximate surface area is 184 Å². The molecule has 3 heterocycles. The lowest BCUT2D eigenvalue weighted by molar-refractivity contribution is 0.168. The highest BCUT2D eigenvalue weighted by Gasteiger charge is 2.41. The second-order valence-corrected chi connectivity index (χ2v) is 10.9. The van der Waals surface area contributed by atoms with E-state index in [-0.39, 0.29) is 16.5 Å². The minimum Gasteiger partial charge on any atom is -0.365 e. The summed E-state index contributed by atoms with van der Waals surface area (Å²) in [6.07, 6.45) is 5.07. The molecule has 2 aromatic rings. The predicted molar refractivity (Wildman–Crippen MR) is 119 cm³/mol. The lowest BCUT2D eigenvalue weighted by atomic mass is 10.2. The van der Waals surface area contributed by atoms with Gasteiger partial charge < -0.3 is 14.7 Å². The number of piperazine rings is 1. The fraction of sp³-hybridized carbons (Fsp3) is 0.556. The van der Waals surface area contributed by atoms with Gasteiger partial charge in [0, 0.05) is 52.0 Å². The first kappa shape index (κ1) is 20.7. The van der Waals surface area contributed by atoms with Gasteiger partial charge in [-0.15, -0.1) is 0 Å². The number of pyridine rings is 1. The molecular formula is C18H25IN6O3S. The number of hydrogen-bond acceptors (Lipinski definition) is 5. The predicted octanol–water partition coefficient (Wildman–Crippen LogP) is 1.57. The SMILES string of the molecule is CN(C)C(=O)N1CCN(c2cc(S(=O)(=O)NC3(C)CC3)cn3c(I)cnc23)CC1. The number of aromatic nitrogens is 2. The van der Waals surface area contributed by atoms with Crippen molar-refractivity contribution in [1.29, 1.82) is 0 Å². The quantitative estimate of drug-likeness (QED) is 0.605. The second kappa shape index (κ2) is 7.27. The Hall–Kier alpha value is -1.60. The van der Waals surface area contributed by atoms with E-state index in [0.717, 1.165) is 27.9 Å². The Bertz CT molecular complexity index is 1050. The molecule has 0 unspecified atom stereocenters. The van der Waals surface area contributed by atoms with Crippen molar-refractivity contribution in [3.63, 3.8) is 0 Å². The van der Waals surface area contributed by atoms with Crippen LogP contribution in [-0.2, 0) is 10.0 Å². The average Bonchev–Trinajstić information content (AvgIpc) is 3.27. The van der Waals surface area contributed by atoms with Gasteiger partial charge in [0.1, 0.15) is 8.60 Å². The topological polar surface area (TPSA) is 90.3 Å². The summed E-state index contributed by atoms with van der Waals surface area (Å²) in [5.41, 5.74) is 1.15. The summed E-state index contributed by atoms with van der Waals surface area (Å²) < 4.78 is 31.5. The minimum atomic E-state index is -3.64. The number of nitrogens with one attached hydrogen (secondary N) is 1. The van der Waals surface area contributed by atoms with Gasteiger partial charge in [-0.3, -0.25) is 4.40 Å². The van der Waals surface area contributed by atoms with Gasteiger partial charge in [-0.25, -0.2) is 22.9 Å². The molecule has 9 nitrogen and oxygen atoms in total. The maximum atomic E-state index is 13.0. The molecule has 158 valence electrons. The van der Waals surface area contributed by atoms with Gasteiger partial charge in [0.2, 0.25) is 10.0 Å². The van der Waals surface area contributed by atoms with Crippen molar-refractivity contribution < 1.29 is 13.2 Å². The highest BCUT2D eigenvalue weighted by atomic mass is 127. The molecule has 2 aliphatic rings. The number of rotatable bonds is 4. The number of carbonyl (C=O) groups excluding carboxylic acids is 1. The maximum Gasteiger partial charge on any atom is 0.319 e. The summed E-state index contributed by atoms with van der Waals surface area (Å²) in [6, 6.07) is 1.69. The van der Waals surface area contributed by atoms with Gasteiger partial charge in [0.15, 0.2) is 5.65 Å². The molecule has 0 radical (unpaired) electrons. The van der Waals surface area contributed by atoms with Gasteiger partial charge in [0.05, 0.1) is 11.9 Å². The normalized spacial score (nSPS) is 18.9. The average molecular weight is 532 g/mol. The molecule has 1 saturated heterocycles. The first-order chi connectivity index (χ1) is 13.6. The van der Waals surface area contributed by atoms with Crippen LogP contribution in [0.15, 0.2) is 23.4 Å². The largest absolute Gasteiger partial charge is 0.365 e. The summed E-state index contributed by atoms with van der Waals surface area (Å²) in [5, 5.41) is 0. The Morgan fingerprint density at radius 3 is 2.48 bits per heavy atom. The van der Waals surface area contributed by atoms with E-state index >= 15 is 0 Å². The van der Waals surface area contributed by atoms with Crippen LogP contribution in [0, 0.1) is 3.70 Å². The van der Waals surface area contributed by atoms with E-state index in [0.29, 0.717) is 26.2 Å². The van der Waals surface area contributed by atoms with E-state index in [1.807, 2.05) is 11.3 Å². The zero-order valence-electron chi connectivity index (χ0n) is 16.7. The second-order valence-electron chi connectivity index (χ2n) is 8.15. The van der Waals surface area contributed by atoms with Crippen molar-refractivity contribution >= 4 is 50.0 Å². The van der Waals surface area contributed by atoms with Crippen molar-refractivity contribution in [2.75, 3.05) is 45.2 Å². The van der Waals surface area contributed by atoms with Crippen molar-refractivity contribution in [2.24, 2.45) is 0 Å². The number of amides is 2. The molecule has 2 amide bonds. The monoisotopic (exact) mass is 532 g/mol. The molecule has 1 saturated carbocycles. The van der Waals surface area contributed by atoms with E-state index in [1.165, 1.54) is 0 Å². The lowest BCUT2D eigenvalue weighted by Crippen LogP contribution is -2.51. The molecule has 0 aromatic carbocycles. The van der Waals surface area contributed by atoms with Crippen molar-refractivity contribution in [1.82, 2.24) is 23.9 Å². The van der Waals surface area contributed by atoms with E-state index in [4.69, 9.17) is 0 Å². The smallest absolute Gasteiger partial charge is 0.319 e. The summed E-state index contributed by atoms with van der Waals surface area (Å²) in [4.78, 5) is 22.4. The van der Waals surface area contributed by atoms with E-state index in [2.05, 4.69) is 37.2 Å². The molecule has 11 heteroatoms. The molecule has 1 aliphatic heterocycles. The molecular weight excluding hydrogens is 507 g/mol. The molecule has 0 spiro atoms. The number of halogens is 1. The molecule has 4 rings (SSSR count). The van der Waals surface area contributed by atoms with Crippen LogP contribution in [0.3, 0.4) is 0 Å². The zero-order valence-corrected chi connectivity index (χ0v) is 19.7.